The largest absolute Gasteiger partial charge is 0.450 e. The highest BCUT2D eigenvalue weighted by atomic mass is 35.5. The van der Waals surface area contributed by atoms with Gasteiger partial charge in [0.05, 0.1) is 0 Å². The van der Waals surface area contributed by atoms with Gasteiger partial charge >= 0.3 is 5.97 Å². The van der Waals surface area contributed by atoms with Crippen LogP contribution in [0.15, 0.2) is 42.5 Å². The minimum atomic E-state index is -0.908. The first-order valence-corrected chi connectivity index (χ1v) is 10.9. The van der Waals surface area contributed by atoms with Crippen molar-refractivity contribution in [1.82, 2.24) is 0 Å². The predicted octanol–water partition coefficient (Wildman–Crippen LogP) is 6.25. The summed E-state index contributed by atoms with van der Waals surface area (Å²) in [5.41, 5.74) is 2.77. The topological polar surface area (TPSA) is 43.4 Å². The summed E-state index contributed by atoms with van der Waals surface area (Å²) >= 11 is 6.00. The highest BCUT2D eigenvalue weighted by Crippen LogP contribution is 2.46. The maximum Gasteiger partial charge on any atom is 0.322 e. The average Bonchev–Trinajstić information content (AvgIpc) is 2.95. The van der Waals surface area contributed by atoms with Gasteiger partial charge < -0.3 is 4.74 Å². The first-order chi connectivity index (χ1) is 13.9. The highest BCUT2D eigenvalue weighted by molar-refractivity contribution is 6.30. The van der Waals surface area contributed by atoms with Crippen LogP contribution in [0.4, 0.5) is 0 Å². The van der Waals surface area contributed by atoms with Crippen LogP contribution in [-0.2, 0) is 14.3 Å². The smallest absolute Gasteiger partial charge is 0.322 e. The van der Waals surface area contributed by atoms with Crippen molar-refractivity contribution in [2.24, 2.45) is 5.92 Å². The summed E-state index contributed by atoms with van der Waals surface area (Å²) < 4.78 is 5.81. The number of ketones is 1. The number of Topliss-reactive ketones (excluding diaryl/α,β-unsaturated/α-hetero) is 1. The van der Waals surface area contributed by atoms with E-state index < -0.39 is 11.5 Å². The number of rotatable bonds is 4. The average molecular weight is 411 g/mol. The summed E-state index contributed by atoms with van der Waals surface area (Å²) in [5.74, 6) is -0.606. The molecule has 4 rings (SSSR count). The maximum absolute atomic E-state index is 13.4. The van der Waals surface area contributed by atoms with Gasteiger partial charge in [0.25, 0.3) is 0 Å². The van der Waals surface area contributed by atoms with E-state index in [1.807, 2.05) is 49.4 Å². The van der Waals surface area contributed by atoms with E-state index in [-0.39, 0.29) is 11.8 Å². The van der Waals surface area contributed by atoms with Crippen molar-refractivity contribution >= 4 is 23.4 Å². The normalized spacial score (nSPS) is 26.7. The molecule has 1 saturated carbocycles. The van der Waals surface area contributed by atoms with Gasteiger partial charge in [0, 0.05) is 5.02 Å². The lowest BCUT2D eigenvalue weighted by Crippen LogP contribution is -2.41. The summed E-state index contributed by atoms with van der Waals surface area (Å²) in [5, 5.41) is 0.677. The molecule has 2 aromatic rings. The zero-order valence-electron chi connectivity index (χ0n) is 17.0. The van der Waals surface area contributed by atoms with Crippen molar-refractivity contribution in [2.75, 3.05) is 0 Å². The molecule has 1 aliphatic heterocycles. The van der Waals surface area contributed by atoms with Crippen molar-refractivity contribution in [2.45, 2.75) is 63.9 Å². The molecule has 4 heteroatoms. The quantitative estimate of drug-likeness (QED) is 0.441. The Hall–Kier alpha value is -2.13. The molecule has 0 aromatic heterocycles. The second kappa shape index (κ2) is 7.95. The van der Waals surface area contributed by atoms with Crippen molar-refractivity contribution < 1.29 is 14.3 Å². The Morgan fingerprint density at radius 3 is 2.34 bits per heavy atom. The SMILES string of the molecule is CCCC1CCC2(CC1)OC(=O)C(c1cc(-c3ccc(Cl)cc3)ccc1C)C2=O. The number of carbonyl (C=O) groups is 2. The Balaban J connectivity index is 1.63. The molecule has 29 heavy (non-hydrogen) atoms. The molecule has 2 aliphatic rings. The van der Waals surface area contributed by atoms with Gasteiger partial charge in [-0.1, -0.05) is 55.6 Å². The molecule has 0 N–H and O–H groups in total. The third-order valence-corrected chi connectivity index (χ3v) is 6.87. The Morgan fingerprint density at radius 2 is 1.69 bits per heavy atom. The summed E-state index contributed by atoms with van der Waals surface area (Å²) in [4.78, 5) is 26.3. The molecule has 2 aromatic carbocycles. The maximum atomic E-state index is 13.4. The summed E-state index contributed by atoms with van der Waals surface area (Å²) in [6, 6.07) is 13.5. The third-order valence-electron chi connectivity index (χ3n) is 6.62. The fourth-order valence-corrected chi connectivity index (χ4v) is 5.03. The molecule has 1 aliphatic carbocycles. The van der Waals surface area contributed by atoms with E-state index in [0.717, 1.165) is 41.5 Å². The molecule has 1 saturated heterocycles. The lowest BCUT2D eigenvalue weighted by molar-refractivity contribution is -0.155. The van der Waals surface area contributed by atoms with Crippen LogP contribution in [0, 0.1) is 12.8 Å². The third kappa shape index (κ3) is 3.73. The Morgan fingerprint density at radius 1 is 1.03 bits per heavy atom. The van der Waals surface area contributed by atoms with Crippen LogP contribution in [0.5, 0.6) is 0 Å². The van der Waals surface area contributed by atoms with Crippen molar-refractivity contribution in [1.29, 1.82) is 0 Å². The number of halogens is 1. The summed E-state index contributed by atoms with van der Waals surface area (Å²) in [6.45, 7) is 4.14. The molecule has 1 unspecified atom stereocenters. The van der Waals surface area contributed by atoms with Gasteiger partial charge in [0.15, 0.2) is 11.4 Å². The minimum Gasteiger partial charge on any atom is -0.450 e. The van der Waals surface area contributed by atoms with Crippen LogP contribution < -0.4 is 0 Å². The lowest BCUT2D eigenvalue weighted by atomic mass is 9.73. The van der Waals surface area contributed by atoms with E-state index in [9.17, 15) is 9.59 Å². The van der Waals surface area contributed by atoms with Gasteiger partial charge in [-0.25, -0.2) is 0 Å². The molecule has 1 spiro atoms. The van der Waals surface area contributed by atoms with Crippen LogP contribution in [0.3, 0.4) is 0 Å². The van der Waals surface area contributed by atoms with Gasteiger partial charge in [-0.15, -0.1) is 0 Å². The number of esters is 1. The summed E-state index contributed by atoms with van der Waals surface area (Å²) in [6.07, 6.45) is 5.59. The monoisotopic (exact) mass is 410 g/mol. The number of carbonyl (C=O) groups excluding carboxylic acids is 2. The van der Waals surface area contributed by atoms with Crippen molar-refractivity contribution in [3.05, 3.63) is 58.6 Å². The second-order valence-electron chi connectivity index (χ2n) is 8.52. The molecule has 0 radical (unpaired) electrons. The van der Waals surface area contributed by atoms with Crippen LogP contribution in [0.25, 0.3) is 11.1 Å². The molecule has 3 nitrogen and oxygen atoms in total. The Kier molecular flexibility index (Phi) is 5.52. The predicted molar refractivity (Wildman–Crippen MR) is 115 cm³/mol. The number of hydrogen-bond acceptors (Lipinski definition) is 3. The first-order valence-electron chi connectivity index (χ1n) is 10.6. The van der Waals surface area contributed by atoms with E-state index >= 15 is 0 Å². The standard InChI is InChI=1S/C25H27ClO3/c1-3-4-17-11-13-25(14-12-17)23(27)22(24(28)29-25)21-15-19(6-5-16(21)2)18-7-9-20(26)10-8-18/h5-10,15,17,22H,3-4,11-14H2,1-2H3. The zero-order valence-corrected chi connectivity index (χ0v) is 17.8. The zero-order chi connectivity index (χ0) is 20.6. The van der Waals surface area contributed by atoms with Gasteiger partial charge in [-0.3, -0.25) is 9.59 Å². The summed E-state index contributed by atoms with van der Waals surface area (Å²) in [7, 11) is 0. The Bertz CT molecular complexity index is 924. The molecule has 1 heterocycles. The number of hydrogen-bond donors (Lipinski definition) is 0. The van der Waals surface area contributed by atoms with E-state index in [4.69, 9.17) is 16.3 Å². The van der Waals surface area contributed by atoms with Crippen molar-refractivity contribution in [3.63, 3.8) is 0 Å². The minimum absolute atomic E-state index is 0.0474. The van der Waals surface area contributed by atoms with Gasteiger partial charge in [0.1, 0.15) is 5.92 Å². The van der Waals surface area contributed by atoms with E-state index in [1.54, 1.807) is 0 Å². The molecule has 152 valence electrons. The number of benzene rings is 2. The van der Waals surface area contributed by atoms with Gasteiger partial charge in [0.2, 0.25) is 0 Å². The molecular weight excluding hydrogens is 384 g/mol. The van der Waals surface area contributed by atoms with Crippen LogP contribution in [0.1, 0.15) is 62.5 Å². The fraction of sp³-hybridized carbons (Fsp3) is 0.440. The number of ether oxygens (including phenoxy) is 1. The molecule has 2 fully saturated rings. The Labute approximate surface area is 177 Å². The molecule has 1 atom stereocenters. The second-order valence-corrected chi connectivity index (χ2v) is 8.96. The molecular formula is C25H27ClO3. The fourth-order valence-electron chi connectivity index (χ4n) is 4.90. The lowest BCUT2D eigenvalue weighted by Gasteiger charge is -2.34. The van der Waals surface area contributed by atoms with Gasteiger partial charge in [-0.2, -0.15) is 0 Å². The number of aryl methyl sites for hydroxylation is 1. The van der Waals surface area contributed by atoms with Crippen molar-refractivity contribution in [3.8, 4) is 11.1 Å². The van der Waals surface area contributed by atoms with E-state index in [2.05, 4.69) is 6.92 Å². The van der Waals surface area contributed by atoms with Crippen LogP contribution in [0.2, 0.25) is 5.02 Å². The first kappa shape index (κ1) is 20.2. The highest BCUT2D eigenvalue weighted by Gasteiger charge is 2.56. The van der Waals surface area contributed by atoms with Crippen LogP contribution in [-0.4, -0.2) is 17.4 Å². The molecule has 0 bridgehead atoms. The van der Waals surface area contributed by atoms with Gasteiger partial charge in [-0.05, 0) is 79.0 Å². The van der Waals surface area contributed by atoms with Crippen LogP contribution >= 0.6 is 11.6 Å². The molecule has 0 amide bonds. The van der Waals surface area contributed by atoms with E-state index in [1.165, 1.54) is 6.42 Å². The van der Waals surface area contributed by atoms with E-state index in [0.29, 0.717) is 23.8 Å².